The van der Waals surface area contributed by atoms with Crippen LogP contribution in [0.25, 0.3) is 11.4 Å². The molecule has 0 bridgehead atoms. The molecule has 0 spiro atoms. The second kappa shape index (κ2) is 7.92. The van der Waals surface area contributed by atoms with E-state index < -0.39 is 0 Å². The van der Waals surface area contributed by atoms with Crippen LogP contribution in [0.2, 0.25) is 0 Å². The maximum absolute atomic E-state index is 12.9. The van der Waals surface area contributed by atoms with E-state index in [1.54, 1.807) is 29.2 Å². The molecule has 1 aliphatic rings. The molecule has 1 saturated heterocycles. The molecule has 1 N–H and O–H groups in total. The number of benzene rings is 2. The smallest absolute Gasteiger partial charge is 0.322 e. The lowest BCUT2D eigenvalue weighted by molar-refractivity contribution is 0.142. The van der Waals surface area contributed by atoms with Crippen LogP contribution in [-0.2, 0) is 0 Å². The normalized spacial score (nSPS) is 16.4. The number of nitriles is 1. The number of nitrogens with zero attached hydrogens (tertiary/aromatic N) is 4. The summed E-state index contributed by atoms with van der Waals surface area (Å²) in [5.41, 5.74) is 1.96. The maximum atomic E-state index is 12.9. The van der Waals surface area contributed by atoms with E-state index in [2.05, 4.69) is 21.5 Å². The summed E-state index contributed by atoms with van der Waals surface area (Å²) in [6.45, 7) is 0.609. The van der Waals surface area contributed by atoms with Crippen LogP contribution in [0.1, 0.15) is 36.8 Å². The molecule has 3 aromatic rings. The Morgan fingerprint density at radius 1 is 1.18 bits per heavy atom. The van der Waals surface area contributed by atoms with E-state index in [1.165, 1.54) is 0 Å². The van der Waals surface area contributed by atoms with Crippen LogP contribution in [0.15, 0.2) is 59.1 Å². The topological polar surface area (TPSA) is 95.1 Å². The second-order valence-corrected chi connectivity index (χ2v) is 6.65. The monoisotopic (exact) mass is 373 g/mol. The molecule has 4 rings (SSSR count). The fourth-order valence-electron chi connectivity index (χ4n) is 3.37. The van der Waals surface area contributed by atoms with Gasteiger partial charge in [0.15, 0.2) is 0 Å². The van der Waals surface area contributed by atoms with Crippen LogP contribution >= 0.6 is 0 Å². The van der Waals surface area contributed by atoms with Crippen molar-refractivity contribution in [1.29, 1.82) is 5.26 Å². The van der Waals surface area contributed by atoms with Crippen molar-refractivity contribution in [3.05, 3.63) is 66.1 Å². The Bertz CT molecular complexity index is 1010. The van der Waals surface area contributed by atoms with Gasteiger partial charge in [-0.1, -0.05) is 41.6 Å². The number of hydrogen-bond acceptors (Lipinski definition) is 5. The van der Waals surface area contributed by atoms with Gasteiger partial charge >= 0.3 is 6.03 Å². The lowest BCUT2D eigenvalue weighted by Crippen LogP contribution is -2.41. The first-order valence-corrected chi connectivity index (χ1v) is 9.21. The average Bonchev–Trinajstić information content (AvgIpc) is 3.25. The van der Waals surface area contributed by atoms with Crippen LogP contribution in [0.4, 0.5) is 10.5 Å². The average molecular weight is 373 g/mol. The van der Waals surface area contributed by atoms with Crippen LogP contribution in [-0.4, -0.2) is 27.6 Å². The molecule has 1 unspecified atom stereocenters. The molecule has 0 radical (unpaired) electrons. The first-order valence-electron chi connectivity index (χ1n) is 9.21. The number of piperidine rings is 1. The number of anilines is 1. The Morgan fingerprint density at radius 2 is 2.04 bits per heavy atom. The Kier molecular flexibility index (Phi) is 5.02. The zero-order valence-corrected chi connectivity index (χ0v) is 15.2. The number of urea groups is 1. The Labute approximate surface area is 162 Å². The number of carbonyl (C=O) groups excluding carboxylic acids is 1. The van der Waals surface area contributed by atoms with E-state index >= 15 is 0 Å². The fourth-order valence-corrected chi connectivity index (χ4v) is 3.37. The molecular weight excluding hydrogens is 354 g/mol. The molecule has 7 heteroatoms. The standard InChI is InChI=1S/C21H19N5O2/c22-14-15-7-6-10-17(13-15)23-21(27)26-12-5-4-11-18(26)20-24-19(25-28-20)16-8-2-1-3-9-16/h1-3,6-10,13,18H,4-5,11-12H2,(H,23,27). The summed E-state index contributed by atoms with van der Waals surface area (Å²) < 4.78 is 5.50. The summed E-state index contributed by atoms with van der Waals surface area (Å²) in [4.78, 5) is 19.1. The summed E-state index contributed by atoms with van der Waals surface area (Å²) in [6, 6.07) is 18.0. The first kappa shape index (κ1) is 17.7. The fraction of sp³-hybridized carbons (Fsp3) is 0.238. The van der Waals surface area contributed by atoms with Gasteiger partial charge in [0.2, 0.25) is 11.7 Å². The molecule has 2 aromatic carbocycles. The summed E-state index contributed by atoms with van der Waals surface area (Å²) >= 11 is 0. The molecule has 140 valence electrons. The number of carbonyl (C=O) groups is 1. The minimum atomic E-state index is -0.266. The van der Waals surface area contributed by atoms with Crippen molar-refractivity contribution in [2.24, 2.45) is 0 Å². The van der Waals surface area contributed by atoms with Gasteiger partial charge in [-0.3, -0.25) is 0 Å². The summed E-state index contributed by atoms with van der Waals surface area (Å²) in [6.07, 6.45) is 2.67. The van der Waals surface area contributed by atoms with Gasteiger partial charge in [0, 0.05) is 17.8 Å². The SMILES string of the molecule is N#Cc1cccc(NC(=O)N2CCCCC2c2nc(-c3ccccc3)no2)c1. The second-order valence-electron chi connectivity index (χ2n) is 6.65. The van der Waals surface area contributed by atoms with Gasteiger partial charge in [-0.2, -0.15) is 10.2 Å². The van der Waals surface area contributed by atoms with Crippen molar-refractivity contribution in [3.8, 4) is 17.5 Å². The van der Waals surface area contributed by atoms with Crippen molar-refractivity contribution >= 4 is 11.7 Å². The third kappa shape index (κ3) is 3.71. The van der Waals surface area contributed by atoms with Gasteiger partial charge in [0.1, 0.15) is 6.04 Å². The molecule has 1 aliphatic heterocycles. The third-order valence-electron chi connectivity index (χ3n) is 4.77. The number of hydrogen-bond donors (Lipinski definition) is 1. The van der Waals surface area contributed by atoms with Crippen LogP contribution in [0.5, 0.6) is 0 Å². The van der Waals surface area contributed by atoms with E-state index in [1.807, 2.05) is 30.3 Å². The quantitative estimate of drug-likeness (QED) is 0.736. The van der Waals surface area contributed by atoms with Crippen LogP contribution < -0.4 is 5.32 Å². The van der Waals surface area contributed by atoms with Gasteiger partial charge in [0.05, 0.1) is 11.6 Å². The highest BCUT2D eigenvalue weighted by molar-refractivity contribution is 5.89. The van der Waals surface area contributed by atoms with Gasteiger partial charge < -0.3 is 14.7 Å². The highest BCUT2D eigenvalue weighted by Gasteiger charge is 2.32. The van der Waals surface area contributed by atoms with Gasteiger partial charge in [0.25, 0.3) is 0 Å². The van der Waals surface area contributed by atoms with E-state index in [0.29, 0.717) is 29.5 Å². The molecule has 7 nitrogen and oxygen atoms in total. The summed E-state index contributed by atoms with van der Waals surface area (Å²) in [5.74, 6) is 0.961. The Hall–Kier alpha value is -3.66. The Balaban J connectivity index is 1.54. The third-order valence-corrected chi connectivity index (χ3v) is 4.77. The molecular formula is C21H19N5O2. The van der Waals surface area contributed by atoms with Gasteiger partial charge in [-0.25, -0.2) is 4.79 Å². The van der Waals surface area contributed by atoms with E-state index in [-0.39, 0.29) is 12.1 Å². The van der Waals surface area contributed by atoms with Crippen molar-refractivity contribution in [3.63, 3.8) is 0 Å². The van der Waals surface area contributed by atoms with Crippen LogP contribution in [0.3, 0.4) is 0 Å². The van der Waals surface area contributed by atoms with Crippen molar-refractivity contribution < 1.29 is 9.32 Å². The van der Waals surface area contributed by atoms with Gasteiger partial charge in [-0.15, -0.1) is 0 Å². The lowest BCUT2D eigenvalue weighted by Gasteiger charge is -2.33. The number of rotatable bonds is 3. The zero-order chi connectivity index (χ0) is 19.3. The molecule has 2 amide bonds. The van der Waals surface area contributed by atoms with Crippen molar-refractivity contribution in [2.75, 3.05) is 11.9 Å². The van der Waals surface area contributed by atoms with Crippen LogP contribution in [0, 0.1) is 11.3 Å². The molecule has 28 heavy (non-hydrogen) atoms. The van der Waals surface area contributed by atoms with E-state index in [9.17, 15) is 4.79 Å². The molecule has 2 heterocycles. The minimum Gasteiger partial charge on any atom is -0.337 e. The molecule has 1 atom stereocenters. The summed E-state index contributed by atoms with van der Waals surface area (Å²) in [7, 11) is 0. The van der Waals surface area contributed by atoms with Crippen molar-refractivity contribution in [2.45, 2.75) is 25.3 Å². The van der Waals surface area contributed by atoms with E-state index in [4.69, 9.17) is 9.78 Å². The first-order chi connectivity index (χ1) is 13.7. The minimum absolute atomic E-state index is 0.237. The highest BCUT2D eigenvalue weighted by atomic mass is 16.5. The summed E-state index contributed by atoms with van der Waals surface area (Å²) in [5, 5.41) is 16.0. The zero-order valence-electron chi connectivity index (χ0n) is 15.2. The number of amides is 2. The number of likely N-dealkylation sites (tertiary alicyclic amines) is 1. The molecule has 0 aliphatic carbocycles. The van der Waals surface area contributed by atoms with E-state index in [0.717, 1.165) is 24.8 Å². The highest BCUT2D eigenvalue weighted by Crippen LogP contribution is 2.31. The number of nitrogens with one attached hydrogen (secondary N) is 1. The predicted molar refractivity (Wildman–Crippen MR) is 103 cm³/mol. The molecule has 1 aromatic heterocycles. The van der Waals surface area contributed by atoms with Gasteiger partial charge in [-0.05, 0) is 37.5 Å². The maximum Gasteiger partial charge on any atom is 0.322 e. The predicted octanol–water partition coefficient (Wildman–Crippen LogP) is 4.37. The number of aromatic nitrogens is 2. The Morgan fingerprint density at radius 3 is 2.86 bits per heavy atom. The lowest BCUT2D eigenvalue weighted by atomic mass is 10.0. The molecule has 1 fully saturated rings. The van der Waals surface area contributed by atoms with Crippen molar-refractivity contribution in [1.82, 2.24) is 15.0 Å². The molecule has 0 saturated carbocycles. The largest absolute Gasteiger partial charge is 0.337 e.